The van der Waals surface area contributed by atoms with Gasteiger partial charge in [-0.15, -0.1) is 0 Å². The van der Waals surface area contributed by atoms with Gasteiger partial charge in [0.15, 0.2) is 0 Å². The molecule has 0 saturated heterocycles. The highest BCUT2D eigenvalue weighted by Crippen LogP contribution is 2.36. The van der Waals surface area contributed by atoms with Crippen LogP contribution >= 0.6 is 11.6 Å². The standard InChI is InChI=1S/C25H36ClNO9/c1-17(15-35-27(32)33)36-25(31)10-5-3-2-4-9-21-22(24(30)14-23(21)29)12-11-19(28)16-34-20-8-6-7-18(26)13-20/h2,4,6-8,11-13,17,19,21-24,28-30,32-33H,3,5,9-10,14-16H2,1H3/b4-2-,12-11+/t17?,19-,21-,22-,23+,24-/m1/s1. The third-order valence-electron chi connectivity index (χ3n) is 5.77. The van der Waals surface area contributed by atoms with E-state index in [9.17, 15) is 20.1 Å². The Bertz CT molecular complexity index is 851. The molecule has 0 spiro atoms. The summed E-state index contributed by atoms with van der Waals surface area (Å²) >= 11 is 5.92. The number of allylic oxidation sites excluding steroid dienone is 2. The number of nitrogens with zero attached hydrogens (tertiary/aromatic N) is 1. The predicted molar refractivity (Wildman–Crippen MR) is 130 cm³/mol. The lowest BCUT2D eigenvalue weighted by Crippen LogP contribution is -2.25. The van der Waals surface area contributed by atoms with E-state index in [0.717, 1.165) is 0 Å². The highest BCUT2D eigenvalue weighted by molar-refractivity contribution is 6.30. The van der Waals surface area contributed by atoms with Crippen molar-refractivity contribution < 1.29 is 44.8 Å². The highest BCUT2D eigenvalue weighted by Gasteiger charge is 2.39. The maximum Gasteiger partial charge on any atom is 0.306 e. The Morgan fingerprint density at radius 3 is 2.72 bits per heavy atom. The van der Waals surface area contributed by atoms with Gasteiger partial charge in [-0.05, 0) is 50.3 Å². The number of esters is 1. The summed E-state index contributed by atoms with van der Waals surface area (Å²) in [5.74, 6) is -0.375. The van der Waals surface area contributed by atoms with Gasteiger partial charge in [-0.2, -0.15) is 0 Å². The van der Waals surface area contributed by atoms with Gasteiger partial charge in [-0.25, -0.2) is 4.84 Å². The number of unbranched alkanes of at least 4 members (excludes halogenated alkanes) is 1. The van der Waals surface area contributed by atoms with E-state index >= 15 is 0 Å². The molecule has 0 heterocycles. The Morgan fingerprint density at radius 2 is 2.00 bits per heavy atom. The van der Waals surface area contributed by atoms with Crippen LogP contribution in [0.2, 0.25) is 5.02 Å². The minimum Gasteiger partial charge on any atom is -0.491 e. The molecule has 1 fully saturated rings. The van der Waals surface area contributed by atoms with E-state index in [0.29, 0.717) is 30.0 Å². The van der Waals surface area contributed by atoms with Gasteiger partial charge in [0.2, 0.25) is 0 Å². The van der Waals surface area contributed by atoms with Crippen molar-refractivity contribution in [1.82, 2.24) is 5.39 Å². The summed E-state index contributed by atoms with van der Waals surface area (Å²) in [5.41, 5.74) is 0. The summed E-state index contributed by atoms with van der Waals surface area (Å²) in [6.45, 7) is 1.41. The molecule has 1 aliphatic rings. The Hall–Kier alpha value is -2.02. The van der Waals surface area contributed by atoms with Gasteiger partial charge < -0.3 is 24.8 Å². The molecule has 1 aliphatic carbocycles. The summed E-state index contributed by atoms with van der Waals surface area (Å²) < 4.78 is 10.6. The molecule has 1 aromatic rings. The van der Waals surface area contributed by atoms with Gasteiger partial charge in [0, 0.05) is 23.8 Å². The molecule has 36 heavy (non-hydrogen) atoms. The third kappa shape index (κ3) is 11.4. The minimum atomic E-state index is -0.884. The number of carbonyl (C=O) groups excluding carboxylic acids is 1. The quantitative estimate of drug-likeness (QED) is 0.0992. The van der Waals surface area contributed by atoms with Crippen LogP contribution in [0.3, 0.4) is 0 Å². The lowest BCUT2D eigenvalue weighted by molar-refractivity contribution is -0.494. The van der Waals surface area contributed by atoms with Crippen LogP contribution in [0.1, 0.15) is 39.0 Å². The maximum absolute atomic E-state index is 11.8. The monoisotopic (exact) mass is 529 g/mol. The summed E-state index contributed by atoms with van der Waals surface area (Å²) in [5, 5.41) is 48.0. The summed E-state index contributed by atoms with van der Waals surface area (Å²) in [4.78, 5) is 16.2. The Kier molecular flexibility index (Phi) is 13.4. The molecule has 2 rings (SSSR count). The van der Waals surface area contributed by atoms with Gasteiger partial charge in [0.1, 0.15) is 31.2 Å². The number of benzene rings is 1. The number of carbonyl (C=O) groups is 1. The zero-order valence-corrected chi connectivity index (χ0v) is 21.0. The van der Waals surface area contributed by atoms with Gasteiger partial charge in [-0.1, -0.05) is 42.0 Å². The van der Waals surface area contributed by atoms with Gasteiger partial charge in [0.05, 0.1) is 17.6 Å². The number of aliphatic hydroxyl groups excluding tert-OH is 3. The highest BCUT2D eigenvalue weighted by atomic mass is 35.5. The average molecular weight is 530 g/mol. The molecule has 1 saturated carbocycles. The van der Waals surface area contributed by atoms with Crippen molar-refractivity contribution in [2.24, 2.45) is 11.8 Å². The molecule has 5 N–H and O–H groups in total. The third-order valence-corrected chi connectivity index (χ3v) is 6.01. The molecule has 0 aromatic heterocycles. The SMILES string of the molecule is CC(CON(O)O)OC(=O)CCC/C=C\C[C@@H]1[C@@H](/C=C/[C@@H](O)COc2cccc(Cl)c2)[C@H](O)C[C@@H]1O. The van der Waals surface area contributed by atoms with Crippen molar-refractivity contribution in [3.05, 3.63) is 53.6 Å². The maximum atomic E-state index is 11.8. The van der Waals surface area contributed by atoms with Crippen molar-refractivity contribution in [3.8, 4) is 5.75 Å². The fourth-order valence-electron chi connectivity index (χ4n) is 3.98. The molecule has 202 valence electrons. The van der Waals surface area contributed by atoms with Gasteiger partial charge in [0.25, 0.3) is 0 Å². The number of hydrogen-bond acceptors (Lipinski definition) is 10. The van der Waals surface area contributed by atoms with Crippen molar-refractivity contribution in [1.29, 1.82) is 0 Å². The van der Waals surface area contributed by atoms with E-state index in [-0.39, 0.29) is 37.9 Å². The Balaban J connectivity index is 1.72. The number of ether oxygens (including phenoxy) is 2. The normalized spacial score (nSPS) is 24.0. The van der Waals surface area contributed by atoms with Crippen LogP contribution in [0.15, 0.2) is 48.6 Å². The van der Waals surface area contributed by atoms with Crippen LogP contribution in [-0.4, -0.2) is 74.7 Å². The van der Waals surface area contributed by atoms with E-state index in [1.165, 1.54) is 0 Å². The van der Waals surface area contributed by atoms with Crippen LogP contribution < -0.4 is 4.74 Å². The predicted octanol–water partition coefficient (Wildman–Crippen LogP) is 3.05. The van der Waals surface area contributed by atoms with Crippen LogP contribution in [-0.2, 0) is 14.4 Å². The molecule has 0 radical (unpaired) electrons. The summed E-state index contributed by atoms with van der Waals surface area (Å²) in [7, 11) is 0. The Labute approximate surface area is 215 Å². The van der Waals surface area contributed by atoms with E-state index < -0.39 is 35.8 Å². The molecule has 1 unspecified atom stereocenters. The number of aliphatic hydroxyl groups is 3. The fourth-order valence-corrected chi connectivity index (χ4v) is 4.16. The van der Waals surface area contributed by atoms with E-state index in [4.69, 9.17) is 31.5 Å². The molecular formula is C25H36ClNO9. The minimum absolute atomic E-state index is 0.0301. The molecule has 1 aromatic carbocycles. The second-order valence-corrected chi connectivity index (χ2v) is 9.22. The number of halogens is 1. The van der Waals surface area contributed by atoms with E-state index in [2.05, 4.69) is 4.84 Å². The first-order valence-corrected chi connectivity index (χ1v) is 12.3. The first kappa shape index (κ1) is 30.2. The van der Waals surface area contributed by atoms with Gasteiger partial charge >= 0.3 is 5.97 Å². The van der Waals surface area contributed by atoms with Gasteiger partial charge in [-0.3, -0.25) is 15.2 Å². The van der Waals surface area contributed by atoms with E-state index in [1.807, 2.05) is 12.2 Å². The van der Waals surface area contributed by atoms with Crippen molar-refractivity contribution in [2.75, 3.05) is 13.2 Å². The summed E-state index contributed by atoms with van der Waals surface area (Å²) in [6.07, 6.45) is 6.46. The molecular weight excluding hydrogens is 494 g/mol. The Morgan fingerprint density at radius 1 is 1.22 bits per heavy atom. The van der Waals surface area contributed by atoms with Crippen LogP contribution in [0.4, 0.5) is 0 Å². The van der Waals surface area contributed by atoms with Crippen LogP contribution in [0.25, 0.3) is 0 Å². The molecule has 10 nitrogen and oxygen atoms in total. The first-order valence-electron chi connectivity index (χ1n) is 11.9. The second-order valence-electron chi connectivity index (χ2n) is 8.78. The first-order chi connectivity index (χ1) is 17.2. The topological polar surface area (TPSA) is 149 Å². The number of hydrogen-bond donors (Lipinski definition) is 5. The zero-order chi connectivity index (χ0) is 26.5. The van der Waals surface area contributed by atoms with Crippen molar-refractivity contribution in [2.45, 2.75) is 63.4 Å². The van der Waals surface area contributed by atoms with E-state index in [1.54, 1.807) is 43.3 Å². The summed E-state index contributed by atoms with van der Waals surface area (Å²) in [6, 6.07) is 6.87. The molecule has 0 amide bonds. The lowest BCUT2D eigenvalue weighted by Gasteiger charge is -2.19. The van der Waals surface area contributed by atoms with Crippen molar-refractivity contribution in [3.63, 3.8) is 0 Å². The molecule has 11 heteroatoms. The smallest absolute Gasteiger partial charge is 0.306 e. The number of rotatable bonds is 15. The second kappa shape index (κ2) is 16.0. The zero-order valence-electron chi connectivity index (χ0n) is 20.2. The lowest BCUT2D eigenvalue weighted by atomic mass is 9.89. The molecule has 0 aliphatic heterocycles. The molecule has 0 bridgehead atoms. The average Bonchev–Trinajstić information content (AvgIpc) is 3.09. The fraction of sp³-hybridized carbons (Fsp3) is 0.560. The van der Waals surface area contributed by atoms with Crippen LogP contribution in [0, 0.1) is 11.8 Å². The van der Waals surface area contributed by atoms with Crippen LogP contribution in [0.5, 0.6) is 5.75 Å². The van der Waals surface area contributed by atoms with Crippen molar-refractivity contribution >= 4 is 17.6 Å². The molecule has 6 atom stereocenters. The largest absolute Gasteiger partial charge is 0.491 e.